The van der Waals surface area contributed by atoms with E-state index in [2.05, 4.69) is 4.74 Å². The largest absolute Gasteiger partial charge is 0.573 e. The summed E-state index contributed by atoms with van der Waals surface area (Å²) >= 11 is 0. The van der Waals surface area contributed by atoms with Gasteiger partial charge in [-0.25, -0.2) is 4.39 Å². The van der Waals surface area contributed by atoms with Crippen LogP contribution in [0.4, 0.5) is 17.6 Å². The fourth-order valence-corrected chi connectivity index (χ4v) is 1.21. The number of ether oxygens (including phenoxy) is 1. The molecule has 1 atom stereocenters. The summed E-state index contributed by atoms with van der Waals surface area (Å²) in [6, 6.07) is 3.43. The second-order valence-electron chi connectivity index (χ2n) is 3.29. The molecular weight excluding hydrogens is 228 g/mol. The van der Waals surface area contributed by atoms with Crippen LogP contribution in [0, 0.1) is 5.82 Å². The van der Waals surface area contributed by atoms with Crippen molar-refractivity contribution in [2.45, 2.75) is 19.2 Å². The zero-order valence-electron chi connectivity index (χ0n) is 8.38. The first kappa shape index (κ1) is 12.8. The van der Waals surface area contributed by atoms with Crippen LogP contribution in [0.3, 0.4) is 0 Å². The molecule has 1 unspecified atom stereocenters. The Morgan fingerprint density at radius 2 is 2.00 bits per heavy atom. The fourth-order valence-electron chi connectivity index (χ4n) is 1.21. The maximum atomic E-state index is 13.5. The normalized spacial score (nSPS) is 13.6. The molecule has 1 N–H and O–H groups in total. The van der Waals surface area contributed by atoms with Crippen LogP contribution in [0.15, 0.2) is 18.2 Å². The summed E-state index contributed by atoms with van der Waals surface area (Å²) in [6.07, 6.45) is -4.93. The maximum absolute atomic E-state index is 13.5. The molecule has 0 amide bonds. The van der Waals surface area contributed by atoms with Crippen molar-refractivity contribution in [3.8, 4) is 5.75 Å². The summed E-state index contributed by atoms with van der Waals surface area (Å²) in [7, 11) is 0. The van der Waals surface area contributed by atoms with Crippen LogP contribution in [0.1, 0.15) is 18.4 Å². The molecule has 6 heteroatoms. The summed E-state index contributed by atoms with van der Waals surface area (Å²) in [5.74, 6) is -2.57. The predicted octanol–water partition coefficient (Wildman–Crippen LogP) is 2.82. The molecule has 1 rings (SSSR count). The highest BCUT2D eigenvalue weighted by molar-refractivity contribution is 5.33. The molecule has 0 bridgehead atoms. The molecule has 16 heavy (non-hydrogen) atoms. The Morgan fingerprint density at radius 3 is 2.50 bits per heavy atom. The average Bonchev–Trinajstić information content (AvgIpc) is 2.18. The number of aliphatic hydroxyl groups excluding tert-OH is 1. The van der Waals surface area contributed by atoms with Gasteiger partial charge in [0.05, 0.1) is 0 Å². The van der Waals surface area contributed by atoms with E-state index in [0.717, 1.165) is 6.07 Å². The predicted molar refractivity (Wildman–Crippen MR) is 48.6 cm³/mol. The summed E-state index contributed by atoms with van der Waals surface area (Å²) < 4.78 is 52.7. The fraction of sp³-hybridized carbons (Fsp3) is 0.400. The smallest absolute Gasteiger partial charge is 0.403 e. The van der Waals surface area contributed by atoms with Gasteiger partial charge in [0.2, 0.25) is 0 Å². The molecule has 0 heterocycles. The Bertz CT molecular complexity index is 362. The molecule has 0 saturated carbocycles. The van der Waals surface area contributed by atoms with Gasteiger partial charge >= 0.3 is 6.36 Å². The van der Waals surface area contributed by atoms with Crippen molar-refractivity contribution in [3.05, 3.63) is 29.6 Å². The minimum atomic E-state index is -4.93. The van der Waals surface area contributed by atoms with Gasteiger partial charge in [0, 0.05) is 12.5 Å². The van der Waals surface area contributed by atoms with Crippen molar-refractivity contribution < 1.29 is 27.4 Å². The van der Waals surface area contributed by atoms with Gasteiger partial charge in [-0.2, -0.15) is 0 Å². The highest BCUT2D eigenvalue weighted by Gasteiger charge is 2.33. The van der Waals surface area contributed by atoms with E-state index in [1.54, 1.807) is 0 Å². The minimum absolute atomic E-state index is 0.00995. The standard InChI is InChI=1S/C10H10F4O2/c1-6(5-15)7-3-2-4-8(9(7)11)16-10(12,13)14/h2-4,6,15H,5H2,1H3. The number of halogens is 4. The van der Waals surface area contributed by atoms with Crippen LogP contribution < -0.4 is 4.74 Å². The first-order chi connectivity index (χ1) is 7.35. The van der Waals surface area contributed by atoms with Crippen molar-refractivity contribution in [2.75, 3.05) is 6.61 Å². The van der Waals surface area contributed by atoms with E-state index in [-0.39, 0.29) is 12.2 Å². The van der Waals surface area contributed by atoms with Gasteiger partial charge in [-0.1, -0.05) is 19.1 Å². The molecule has 1 aromatic rings. The van der Waals surface area contributed by atoms with Gasteiger partial charge in [0.1, 0.15) is 0 Å². The van der Waals surface area contributed by atoms with Crippen molar-refractivity contribution in [2.24, 2.45) is 0 Å². The molecule has 0 saturated heterocycles. The molecule has 0 fully saturated rings. The molecule has 0 spiro atoms. The second-order valence-corrected chi connectivity index (χ2v) is 3.29. The second kappa shape index (κ2) is 4.69. The molecule has 0 radical (unpaired) electrons. The minimum Gasteiger partial charge on any atom is -0.403 e. The van der Waals surface area contributed by atoms with Gasteiger partial charge in [-0.15, -0.1) is 13.2 Å². The highest BCUT2D eigenvalue weighted by Crippen LogP contribution is 2.30. The summed E-state index contributed by atoms with van der Waals surface area (Å²) in [5.41, 5.74) is -0.00995. The lowest BCUT2D eigenvalue weighted by atomic mass is 10.0. The van der Waals surface area contributed by atoms with Crippen LogP contribution in [0.2, 0.25) is 0 Å². The molecule has 90 valence electrons. The van der Waals surface area contributed by atoms with E-state index < -0.39 is 23.8 Å². The Hall–Kier alpha value is -1.30. The third kappa shape index (κ3) is 3.10. The van der Waals surface area contributed by atoms with Crippen LogP contribution in [-0.4, -0.2) is 18.1 Å². The Labute approximate surface area is 89.5 Å². The Balaban J connectivity index is 3.04. The van der Waals surface area contributed by atoms with Crippen molar-refractivity contribution in [3.63, 3.8) is 0 Å². The van der Waals surface area contributed by atoms with Crippen molar-refractivity contribution >= 4 is 0 Å². The lowest BCUT2D eigenvalue weighted by molar-refractivity contribution is -0.275. The van der Waals surface area contributed by atoms with Gasteiger partial charge in [0.25, 0.3) is 0 Å². The molecule has 0 aromatic heterocycles. The van der Waals surface area contributed by atoms with Gasteiger partial charge < -0.3 is 9.84 Å². The van der Waals surface area contributed by atoms with Crippen molar-refractivity contribution in [1.82, 2.24) is 0 Å². The number of hydrogen-bond acceptors (Lipinski definition) is 2. The third-order valence-corrected chi connectivity index (χ3v) is 2.02. The maximum Gasteiger partial charge on any atom is 0.573 e. The highest BCUT2D eigenvalue weighted by atomic mass is 19.4. The van der Waals surface area contributed by atoms with E-state index in [9.17, 15) is 17.6 Å². The molecule has 2 nitrogen and oxygen atoms in total. The molecule has 0 aliphatic carbocycles. The van der Waals surface area contributed by atoms with E-state index in [4.69, 9.17) is 5.11 Å². The molecule has 0 aliphatic rings. The average molecular weight is 238 g/mol. The zero-order valence-corrected chi connectivity index (χ0v) is 8.38. The first-order valence-electron chi connectivity index (χ1n) is 4.50. The van der Waals surface area contributed by atoms with Gasteiger partial charge in [-0.3, -0.25) is 0 Å². The monoisotopic (exact) mass is 238 g/mol. The summed E-state index contributed by atoms with van der Waals surface area (Å²) in [5, 5.41) is 8.81. The van der Waals surface area contributed by atoms with Crippen LogP contribution in [0.25, 0.3) is 0 Å². The molecular formula is C10H10F4O2. The quantitative estimate of drug-likeness (QED) is 0.820. The topological polar surface area (TPSA) is 29.5 Å². The SMILES string of the molecule is CC(CO)c1cccc(OC(F)(F)F)c1F. The Kier molecular flexibility index (Phi) is 3.74. The first-order valence-corrected chi connectivity index (χ1v) is 4.50. The summed E-state index contributed by atoms with van der Waals surface area (Å²) in [4.78, 5) is 0. The number of benzene rings is 1. The number of aliphatic hydroxyl groups is 1. The van der Waals surface area contributed by atoms with Gasteiger partial charge in [0.15, 0.2) is 11.6 Å². The van der Waals surface area contributed by atoms with E-state index in [0.29, 0.717) is 0 Å². The zero-order chi connectivity index (χ0) is 12.3. The van der Waals surface area contributed by atoms with Gasteiger partial charge in [-0.05, 0) is 11.6 Å². The van der Waals surface area contributed by atoms with Crippen LogP contribution >= 0.6 is 0 Å². The van der Waals surface area contributed by atoms with Crippen LogP contribution in [0.5, 0.6) is 5.75 Å². The number of alkyl halides is 3. The summed E-state index contributed by atoms with van der Waals surface area (Å²) in [6.45, 7) is 1.14. The number of rotatable bonds is 3. The number of hydrogen-bond donors (Lipinski definition) is 1. The van der Waals surface area contributed by atoms with Crippen LogP contribution in [-0.2, 0) is 0 Å². The lowest BCUT2D eigenvalue weighted by Gasteiger charge is -2.14. The van der Waals surface area contributed by atoms with E-state index >= 15 is 0 Å². The van der Waals surface area contributed by atoms with Crippen molar-refractivity contribution in [1.29, 1.82) is 0 Å². The van der Waals surface area contributed by atoms with E-state index in [1.165, 1.54) is 19.1 Å². The van der Waals surface area contributed by atoms with E-state index in [1.807, 2.05) is 0 Å². The molecule has 1 aromatic carbocycles. The lowest BCUT2D eigenvalue weighted by Crippen LogP contribution is -2.18. The molecule has 0 aliphatic heterocycles. The third-order valence-electron chi connectivity index (χ3n) is 2.02. The Morgan fingerprint density at radius 1 is 1.38 bits per heavy atom.